The van der Waals surface area contributed by atoms with Gasteiger partial charge in [0.15, 0.2) is 5.71 Å². The van der Waals surface area contributed by atoms with Crippen LogP contribution in [0, 0.1) is 5.92 Å². The van der Waals surface area contributed by atoms with Gasteiger partial charge in [-0.2, -0.15) is 0 Å². The fourth-order valence-electron chi connectivity index (χ4n) is 6.90. The molecule has 5 aliphatic rings. The zero-order valence-corrected chi connectivity index (χ0v) is 26.0. The van der Waals surface area contributed by atoms with Gasteiger partial charge >= 0.3 is 12.1 Å². The van der Waals surface area contributed by atoms with Gasteiger partial charge in [-0.1, -0.05) is 42.3 Å². The fraction of sp³-hybridized carbons (Fsp3) is 0.500. The Balaban J connectivity index is 1.16. The van der Waals surface area contributed by atoms with Crippen LogP contribution >= 0.6 is 0 Å². The summed E-state index contributed by atoms with van der Waals surface area (Å²) in [5, 5.41) is 20.1. The Bertz CT molecular complexity index is 1590. The lowest BCUT2D eigenvalue weighted by atomic mass is 9.96. The van der Waals surface area contributed by atoms with Crippen LogP contribution in [0.2, 0.25) is 0 Å². The zero-order valence-electron chi connectivity index (χ0n) is 26.0. The van der Waals surface area contributed by atoms with Gasteiger partial charge in [0.2, 0.25) is 11.8 Å². The van der Waals surface area contributed by atoms with E-state index < -0.39 is 47.6 Å². The molecule has 0 spiro atoms. The Hall–Kier alpha value is -4.81. The van der Waals surface area contributed by atoms with Crippen molar-refractivity contribution in [3.05, 3.63) is 60.2 Å². The standard InChI is InChI=1S/C34H38N6O7/c41-30-26-17-22(47-39-29-27-23(12-7-15-35-27)24-13-8-16-36-28(24)29)19-40(26)31(42)25(37-33(45)46-21-10-6-11-21)14-5-3-1-2-4-9-20-18-34(20,38-30)32(43)44/h4,7-9,12-13,15-16,20-22,25-26H,1-3,5-6,10-11,14,17-19H2,(H,37,45)(H,38,41)(H,43,44)/b9-4-/t20-,22-,25+,26+,34+/m1/s1. The van der Waals surface area contributed by atoms with Crippen molar-refractivity contribution < 1.29 is 33.9 Å². The number of fused-ring (bicyclic) bond motifs is 5. The summed E-state index contributed by atoms with van der Waals surface area (Å²) >= 11 is 0. The molecular formula is C34H38N6O7. The number of aromatic nitrogens is 2. The molecule has 3 amide bonds. The van der Waals surface area contributed by atoms with Gasteiger partial charge in [0.05, 0.1) is 6.54 Å². The lowest BCUT2D eigenvalue weighted by molar-refractivity contribution is -0.145. The molecule has 2 aromatic heterocycles. The molecule has 0 unspecified atom stereocenters. The number of pyridine rings is 2. The maximum absolute atomic E-state index is 14.2. The fourth-order valence-corrected chi connectivity index (χ4v) is 6.90. The van der Waals surface area contributed by atoms with Gasteiger partial charge < -0.3 is 30.2 Å². The van der Waals surface area contributed by atoms with Gasteiger partial charge in [0.25, 0.3) is 0 Å². The minimum absolute atomic E-state index is 0.0110. The van der Waals surface area contributed by atoms with Crippen molar-refractivity contribution >= 4 is 29.6 Å². The average Bonchev–Trinajstić information content (AvgIpc) is 3.42. The first-order valence-corrected chi connectivity index (χ1v) is 16.5. The molecule has 3 fully saturated rings. The molecule has 0 aromatic carbocycles. The number of carbonyl (C=O) groups is 4. The van der Waals surface area contributed by atoms with E-state index in [0.717, 1.165) is 49.7 Å². The normalized spacial score (nSPS) is 29.4. The van der Waals surface area contributed by atoms with Gasteiger partial charge in [-0.3, -0.25) is 19.6 Å². The number of rotatable bonds is 5. The number of nitrogens with zero attached hydrogens (tertiary/aromatic N) is 4. The first kappa shape index (κ1) is 30.8. The molecule has 2 saturated carbocycles. The van der Waals surface area contributed by atoms with E-state index in [2.05, 4.69) is 25.8 Å². The van der Waals surface area contributed by atoms with Crippen LogP contribution in [0.25, 0.3) is 11.1 Å². The van der Waals surface area contributed by atoms with E-state index in [1.165, 1.54) is 4.90 Å². The van der Waals surface area contributed by atoms with E-state index in [9.17, 15) is 24.3 Å². The van der Waals surface area contributed by atoms with Crippen LogP contribution in [0.4, 0.5) is 4.79 Å². The van der Waals surface area contributed by atoms with Gasteiger partial charge in [0.1, 0.15) is 41.2 Å². The Morgan fingerprint density at radius 1 is 1.00 bits per heavy atom. The smallest absolute Gasteiger partial charge is 0.408 e. The predicted octanol–water partition coefficient (Wildman–Crippen LogP) is 3.32. The molecule has 2 aliphatic heterocycles. The number of amides is 3. The van der Waals surface area contributed by atoms with Crippen molar-refractivity contribution in [2.75, 3.05) is 6.54 Å². The highest BCUT2D eigenvalue weighted by molar-refractivity contribution is 6.22. The van der Waals surface area contributed by atoms with E-state index in [0.29, 0.717) is 29.9 Å². The van der Waals surface area contributed by atoms with Crippen LogP contribution in [-0.4, -0.2) is 85.9 Å². The van der Waals surface area contributed by atoms with E-state index in [-0.39, 0.29) is 31.4 Å². The zero-order chi connectivity index (χ0) is 32.5. The van der Waals surface area contributed by atoms with Crippen molar-refractivity contribution in [3.63, 3.8) is 0 Å². The Labute approximate surface area is 271 Å². The maximum Gasteiger partial charge on any atom is 0.408 e. The number of aliphatic carboxylic acids is 1. The second-order valence-corrected chi connectivity index (χ2v) is 13.0. The van der Waals surface area contributed by atoms with Gasteiger partial charge in [0, 0.05) is 35.9 Å². The minimum atomic E-state index is -1.43. The molecule has 3 N–H and O–H groups in total. The van der Waals surface area contributed by atoms with E-state index >= 15 is 0 Å². The summed E-state index contributed by atoms with van der Waals surface area (Å²) in [6.45, 7) is 0.0110. The van der Waals surface area contributed by atoms with Crippen molar-refractivity contribution in [2.45, 2.75) is 94.0 Å². The van der Waals surface area contributed by atoms with E-state index in [4.69, 9.17) is 9.57 Å². The largest absolute Gasteiger partial charge is 0.479 e. The Kier molecular flexibility index (Phi) is 8.37. The number of alkyl carbamates (subject to hydrolysis) is 1. The lowest BCUT2D eigenvalue weighted by Crippen LogP contribution is -2.56. The summed E-state index contributed by atoms with van der Waals surface area (Å²) in [6.07, 6.45) is 12.0. The summed E-state index contributed by atoms with van der Waals surface area (Å²) in [5.41, 5.74) is 2.01. The van der Waals surface area contributed by atoms with Crippen LogP contribution < -0.4 is 10.6 Å². The molecule has 47 heavy (non-hydrogen) atoms. The van der Waals surface area contributed by atoms with Gasteiger partial charge in [-0.25, -0.2) is 9.59 Å². The number of hydrogen-bond donors (Lipinski definition) is 3. The number of allylic oxidation sites excluding steroid dienone is 1. The monoisotopic (exact) mass is 642 g/mol. The second-order valence-electron chi connectivity index (χ2n) is 13.0. The van der Waals surface area contributed by atoms with E-state index in [1.54, 1.807) is 12.4 Å². The summed E-state index contributed by atoms with van der Waals surface area (Å²) in [6, 6.07) is 5.58. The SMILES string of the molecule is O=C(N[C@H]1CCCCC/C=C\[C@@H]2C[C@]2(C(=O)O)NC(=O)[C@@H]2C[C@@H](ON=C3c4ncccc4-c4cccnc43)CN2C1=O)OC1CCC1. The third kappa shape index (κ3) is 6.06. The van der Waals surface area contributed by atoms with Crippen LogP contribution in [0.5, 0.6) is 0 Å². The molecule has 4 heterocycles. The summed E-state index contributed by atoms with van der Waals surface area (Å²) < 4.78 is 5.50. The molecule has 246 valence electrons. The first-order valence-electron chi connectivity index (χ1n) is 16.5. The van der Waals surface area contributed by atoms with Crippen molar-refractivity contribution in [1.82, 2.24) is 25.5 Å². The molecule has 0 bridgehead atoms. The molecular weight excluding hydrogens is 604 g/mol. The van der Waals surface area contributed by atoms with Crippen molar-refractivity contribution in [3.8, 4) is 11.1 Å². The van der Waals surface area contributed by atoms with Crippen LogP contribution in [0.3, 0.4) is 0 Å². The predicted molar refractivity (Wildman–Crippen MR) is 168 cm³/mol. The molecule has 3 aliphatic carbocycles. The number of hydrogen-bond acceptors (Lipinski definition) is 9. The van der Waals surface area contributed by atoms with Crippen LogP contribution in [0.15, 0.2) is 54.0 Å². The molecule has 0 radical (unpaired) electrons. The Morgan fingerprint density at radius 2 is 1.74 bits per heavy atom. The van der Waals surface area contributed by atoms with Crippen LogP contribution in [-0.2, 0) is 24.0 Å². The second kappa shape index (κ2) is 12.8. The topological polar surface area (TPSA) is 172 Å². The molecule has 2 aromatic rings. The van der Waals surface area contributed by atoms with Crippen LogP contribution in [0.1, 0.15) is 75.6 Å². The number of ether oxygens (including phenoxy) is 1. The molecule has 13 nitrogen and oxygen atoms in total. The average molecular weight is 643 g/mol. The highest BCUT2D eigenvalue weighted by Crippen LogP contribution is 2.45. The quantitative estimate of drug-likeness (QED) is 0.279. The van der Waals surface area contributed by atoms with E-state index in [1.807, 2.05) is 36.4 Å². The Morgan fingerprint density at radius 3 is 2.43 bits per heavy atom. The molecule has 13 heteroatoms. The summed E-state index contributed by atoms with van der Waals surface area (Å²) in [7, 11) is 0. The van der Waals surface area contributed by atoms with Crippen molar-refractivity contribution in [1.29, 1.82) is 0 Å². The van der Waals surface area contributed by atoms with Gasteiger partial charge in [-0.05, 0) is 57.1 Å². The van der Waals surface area contributed by atoms with Gasteiger partial charge in [-0.15, -0.1) is 0 Å². The van der Waals surface area contributed by atoms with Crippen molar-refractivity contribution in [2.24, 2.45) is 11.1 Å². The molecule has 7 rings (SSSR count). The summed E-state index contributed by atoms with van der Waals surface area (Å²) in [4.78, 5) is 69.7. The number of oxime groups is 1. The number of nitrogens with one attached hydrogen (secondary N) is 2. The first-order chi connectivity index (χ1) is 22.8. The third-order valence-corrected chi connectivity index (χ3v) is 9.89. The number of carboxylic acid groups (broad SMARTS) is 1. The highest BCUT2D eigenvalue weighted by Gasteiger charge is 2.61. The highest BCUT2D eigenvalue weighted by atomic mass is 16.6. The maximum atomic E-state index is 14.2. The lowest BCUT2D eigenvalue weighted by Gasteiger charge is -2.30. The minimum Gasteiger partial charge on any atom is -0.479 e. The number of carbonyl (C=O) groups excluding carboxylic acids is 3. The molecule has 1 saturated heterocycles. The summed E-state index contributed by atoms with van der Waals surface area (Å²) in [5.74, 6) is -2.48. The molecule has 5 atom stereocenters. The third-order valence-electron chi connectivity index (χ3n) is 9.89. The number of carboxylic acids is 1.